The molecule has 0 saturated carbocycles. The number of azo groups is 1. The first kappa shape index (κ1) is 16.4. The zero-order valence-corrected chi connectivity index (χ0v) is 11.7. The van der Waals surface area contributed by atoms with Gasteiger partial charge in [0.25, 0.3) is 5.78 Å². The number of carbonyl (C=O) groups excluding carboxylic acids is 1. The molecule has 0 atom stereocenters. The van der Waals surface area contributed by atoms with E-state index in [9.17, 15) is 23.1 Å². The van der Waals surface area contributed by atoms with E-state index in [0.29, 0.717) is 0 Å². The largest absolute Gasteiger partial charge is 0.505 e. The van der Waals surface area contributed by atoms with E-state index in [4.69, 9.17) is 0 Å². The number of Topliss-reactive ketones (excluding diaryl/α,β-unsaturated/α-hetero) is 1. The molecular formula is C16H11F3N2O2. The maximum atomic E-state index is 12.7. The molecule has 0 aliphatic carbocycles. The van der Waals surface area contributed by atoms with Crippen LogP contribution in [0, 0.1) is 0 Å². The lowest BCUT2D eigenvalue weighted by Crippen LogP contribution is -2.24. The first-order chi connectivity index (χ1) is 10.9. The molecule has 2 aromatic carbocycles. The molecule has 0 spiro atoms. The van der Waals surface area contributed by atoms with Crippen LogP contribution in [0.15, 0.2) is 76.6 Å². The Bertz CT molecular complexity index is 739. The third-order valence-corrected chi connectivity index (χ3v) is 2.77. The van der Waals surface area contributed by atoms with Gasteiger partial charge < -0.3 is 5.11 Å². The fourth-order valence-corrected chi connectivity index (χ4v) is 1.67. The number of hydrogen-bond donors (Lipinski definition) is 1. The minimum Gasteiger partial charge on any atom is -0.505 e. The lowest BCUT2D eigenvalue weighted by molar-refractivity contribution is -0.166. The number of allylic oxidation sites excluding steroid dienone is 1. The van der Waals surface area contributed by atoms with Crippen molar-refractivity contribution < 1.29 is 23.1 Å². The second-order valence-electron chi connectivity index (χ2n) is 4.43. The molecule has 0 aromatic heterocycles. The highest BCUT2D eigenvalue weighted by Crippen LogP contribution is 2.27. The van der Waals surface area contributed by atoms with E-state index >= 15 is 0 Å². The molecule has 7 heteroatoms. The third kappa shape index (κ3) is 4.26. The quantitative estimate of drug-likeness (QED) is 0.498. The first-order valence-electron chi connectivity index (χ1n) is 6.46. The van der Waals surface area contributed by atoms with Crippen LogP contribution in [-0.2, 0) is 4.79 Å². The van der Waals surface area contributed by atoms with Gasteiger partial charge >= 0.3 is 6.18 Å². The van der Waals surface area contributed by atoms with Crippen LogP contribution in [0.3, 0.4) is 0 Å². The maximum Gasteiger partial charge on any atom is 0.456 e. The molecule has 2 aromatic rings. The van der Waals surface area contributed by atoms with Gasteiger partial charge in [-0.25, -0.2) is 0 Å². The van der Waals surface area contributed by atoms with Gasteiger partial charge in [-0.15, -0.1) is 5.11 Å². The second kappa shape index (κ2) is 6.87. The molecule has 0 heterocycles. The number of rotatable bonds is 4. The molecule has 23 heavy (non-hydrogen) atoms. The Morgan fingerprint density at radius 2 is 1.43 bits per heavy atom. The van der Waals surface area contributed by atoms with Crippen molar-refractivity contribution >= 4 is 17.2 Å². The zero-order valence-electron chi connectivity index (χ0n) is 11.7. The fraction of sp³-hybridized carbons (Fsp3) is 0.0625. The van der Waals surface area contributed by atoms with Crippen LogP contribution in [-0.4, -0.2) is 17.1 Å². The minimum atomic E-state index is -5.17. The number of alkyl halides is 3. The van der Waals surface area contributed by atoms with Crippen molar-refractivity contribution in [2.75, 3.05) is 0 Å². The summed E-state index contributed by atoms with van der Waals surface area (Å²) in [6, 6.07) is 15.3. The SMILES string of the molecule is O=C(/C(N=Nc1ccccc1)=C(\O)c1ccccc1)C(F)(F)F. The standard InChI is InChI=1S/C16H11F3N2O2/c17-16(18,19)15(23)13(14(22)11-7-3-1-4-8-11)21-20-12-9-5-2-6-10-12/h1-10,22H/b14-13+,21-20?. The summed E-state index contributed by atoms with van der Waals surface area (Å²) in [4.78, 5) is 11.5. The molecule has 2 rings (SSSR count). The molecule has 118 valence electrons. The molecule has 0 aliphatic rings. The van der Waals surface area contributed by atoms with E-state index in [1.807, 2.05) is 0 Å². The fourth-order valence-electron chi connectivity index (χ4n) is 1.67. The van der Waals surface area contributed by atoms with Gasteiger partial charge in [0.05, 0.1) is 5.69 Å². The first-order valence-corrected chi connectivity index (χ1v) is 6.46. The van der Waals surface area contributed by atoms with Crippen molar-refractivity contribution in [1.29, 1.82) is 0 Å². The summed E-state index contributed by atoms with van der Waals surface area (Å²) in [6.07, 6.45) is -5.17. The monoisotopic (exact) mass is 320 g/mol. The lowest BCUT2D eigenvalue weighted by atomic mass is 10.1. The summed E-state index contributed by atoms with van der Waals surface area (Å²) in [5.74, 6) is -3.15. The number of benzene rings is 2. The van der Waals surface area contributed by atoms with E-state index in [1.165, 1.54) is 36.4 Å². The van der Waals surface area contributed by atoms with Crippen LogP contribution in [0.4, 0.5) is 18.9 Å². The van der Waals surface area contributed by atoms with Crippen LogP contribution in [0.25, 0.3) is 5.76 Å². The predicted octanol–water partition coefficient (Wildman–Crippen LogP) is 4.83. The van der Waals surface area contributed by atoms with Crippen molar-refractivity contribution in [3.05, 3.63) is 71.9 Å². The van der Waals surface area contributed by atoms with E-state index in [0.717, 1.165) is 0 Å². The number of halogens is 3. The van der Waals surface area contributed by atoms with Gasteiger partial charge in [-0.2, -0.15) is 18.3 Å². The molecular weight excluding hydrogens is 309 g/mol. The summed E-state index contributed by atoms with van der Waals surface area (Å²) < 4.78 is 38.1. The zero-order chi connectivity index (χ0) is 16.9. The topological polar surface area (TPSA) is 62.0 Å². The smallest absolute Gasteiger partial charge is 0.456 e. The molecule has 0 amide bonds. The molecule has 4 nitrogen and oxygen atoms in total. The predicted molar refractivity (Wildman–Crippen MR) is 78.0 cm³/mol. The van der Waals surface area contributed by atoms with E-state index in [1.54, 1.807) is 24.3 Å². The van der Waals surface area contributed by atoms with E-state index in [-0.39, 0.29) is 11.3 Å². The summed E-state index contributed by atoms with van der Waals surface area (Å²) in [5.41, 5.74) is -0.875. The molecule has 0 bridgehead atoms. The van der Waals surface area contributed by atoms with Gasteiger partial charge in [0, 0.05) is 5.56 Å². The number of hydrogen-bond acceptors (Lipinski definition) is 4. The normalized spacial score (nSPS) is 13.0. The molecule has 0 unspecified atom stereocenters. The van der Waals surface area contributed by atoms with Gasteiger partial charge in [0.15, 0.2) is 11.5 Å². The van der Waals surface area contributed by atoms with Gasteiger partial charge in [0.1, 0.15) is 0 Å². The molecule has 0 saturated heterocycles. The van der Waals surface area contributed by atoms with Crippen molar-refractivity contribution in [2.24, 2.45) is 10.2 Å². The Labute approximate surface area is 129 Å². The number of ketones is 1. The lowest BCUT2D eigenvalue weighted by Gasteiger charge is -2.08. The van der Waals surface area contributed by atoms with Gasteiger partial charge in [-0.3, -0.25) is 4.79 Å². The Kier molecular flexibility index (Phi) is 4.90. The molecule has 1 N–H and O–H groups in total. The van der Waals surface area contributed by atoms with Gasteiger partial charge in [-0.1, -0.05) is 48.5 Å². The van der Waals surface area contributed by atoms with Crippen LogP contribution in [0.5, 0.6) is 0 Å². The van der Waals surface area contributed by atoms with Crippen LogP contribution < -0.4 is 0 Å². The van der Waals surface area contributed by atoms with Crippen molar-refractivity contribution in [1.82, 2.24) is 0 Å². The minimum absolute atomic E-state index is 0.0344. The van der Waals surface area contributed by atoms with Crippen LogP contribution in [0.1, 0.15) is 5.56 Å². The average molecular weight is 320 g/mol. The number of nitrogens with zero attached hydrogens (tertiary/aromatic N) is 2. The highest BCUT2D eigenvalue weighted by molar-refractivity contribution is 6.04. The van der Waals surface area contributed by atoms with Crippen molar-refractivity contribution in [2.45, 2.75) is 6.18 Å². The highest BCUT2D eigenvalue weighted by atomic mass is 19.4. The van der Waals surface area contributed by atoms with Crippen LogP contribution in [0.2, 0.25) is 0 Å². The van der Waals surface area contributed by atoms with E-state index in [2.05, 4.69) is 10.2 Å². The molecule has 0 fully saturated rings. The average Bonchev–Trinajstić information content (AvgIpc) is 2.55. The van der Waals surface area contributed by atoms with Crippen molar-refractivity contribution in [3.8, 4) is 0 Å². The van der Waals surface area contributed by atoms with E-state index < -0.39 is 23.4 Å². The van der Waals surface area contributed by atoms with Crippen LogP contribution >= 0.6 is 0 Å². The highest BCUT2D eigenvalue weighted by Gasteiger charge is 2.43. The number of carbonyl (C=O) groups is 1. The van der Waals surface area contributed by atoms with Crippen molar-refractivity contribution in [3.63, 3.8) is 0 Å². The van der Waals surface area contributed by atoms with Gasteiger partial charge in [0.2, 0.25) is 0 Å². The number of aliphatic hydroxyl groups excluding tert-OH is 1. The second-order valence-corrected chi connectivity index (χ2v) is 4.43. The third-order valence-electron chi connectivity index (χ3n) is 2.77. The molecule has 0 aliphatic heterocycles. The summed E-state index contributed by atoms with van der Waals surface area (Å²) in [6.45, 7) is 0. The maximum absolute atomic E-state index is 12.7. The Balaban J connectivity index is 2.49. The molecule has 0 radical (unpaired) electrons. The summed E-state index contributed by atoms with van der Waals surface area (Å²) in [5, 5.41) is 16.9. The Morgan fingerprint density at radius 3 is 1.96 bits per heavy atom. The summed E-state index contributed by atoms with van der Waals surface area (Å²) in [7, 11) is 0. The Morgan fingerprint density at radius 1 is 0.913 bits per heavy atom. The summed E-state index contributed by atoms with van der Waals surface area (Å²) >= 11 is 0. The van der Waals surface area contributed by atoms with Gasteiger partial charge in [-0.05, 0) is 12.1 Å². The number of aliphatic hydroxyl groups is 1. The Hall–Kier alpha value is -2.96.